The zero-order valence-corrected chi connectivity index (χ0v) is 26.5. The monoisotopic (exact) mass is 623 g/mol. The maximum absolute atomic E-state index is 14.1. The van der Waals surface area contributed by atoms with Gasteiger partial charge in [0.15, 0.2) is 0 Å². The molecule has 0 spiro atoms. The fourth-order valence-electron chi connectivity index (χ4n) is 7.02. The average Bonchev–Trinajstić information content (AvgIpc) is 3.13. The summed E-state index contributed by atoms with van der Waals surface area (Å²) >= 11 is 0. The number of alkyl halides is 3. The Kier molecular flexibility index (Phi) is 8.98. The molecule has 0 aromatic carbocycles. The largest absolute Gasteiger partial charge is 0.417 e. The maximum Gasteiger partial charge on any atom is 0.417 e. The Labute approximate surface area is 263 Å². The molecule has 2 fully saturated rings. The molecule has 3 aliphatic heterocycles. The van der Waals surface area contributed by atoms with Crippen molar-refractivity contribution in [2.45, 2.75) is 71.6 Å². The highest BCUT2D eigenvalue weighted by Crippen LogP contribution is 2.42. The van der Waals surface area contributed by atoms with Gasteiger partial charge in [-0.3, -0.25) is 0 Å². The van der Waals surface area contributed by atoms with Gasteiger partial charge in [0.05, 0.1) is 32.0 Å². The Morgan fingerprint density at radius 3 is 2.64 bits per heavy atom. The second-order valence-electron chi connectivity index (χ2n) is 13.7. The third-order valence-corrected chi connectivity index (χ3v) is 9.48. The van der Waals surface area contributed by atoms with Crippen molar-refractivity contribution in [3.05, 3.63) is 81.3 Å². The topological polar surface area (TPSA) is 85.0 Å². The number of halogens is 3. The summed E-state index contributed by atoms with van der Waals surface area (Å²) in [6, 6.07) is 0.887. The van der Waals surface area contributed by atoms with Gasteiger partial charge < -0.3 is 25.4 Å². The van der Waals surface area contributed by atoms with Crippen LogP contribution in [0, 0.1) is 11.3 Å². The average molecular weight is 624 g/mol. The van der Waals surface area contributed by atoms with Crippen LogP contribution < -0.4 is 11.1 Å². The molecule has 0 amide bonds. The highest BCUT2D eigenvalue weighted by molar-refractivity contribution is 6.03. The minimum Gasteiger partial charge on any atom is -0.384 e. The molecule has 0 bridgehead atoms. The van der Waals surface area contributed by atoms with Gasteiger partial charge in [-0.25, -0.2) is 9.98 Å². The second kappa shape index (κ2) is 12.8. The van der Waals surface area contributed by atoms with E-state index in [-0.39, 0.29) is 16.8 Å². The van der Waals surface area contributed by atoms with E-state index < -0.39 is 17.9 Å². The first-order chi connectivity index (χ1) is 21.5. The van der Waals surface area contributed by atoms with E-state index in [1.165, 1.54) is 22.9 Å². The number of nitrogen functional groups attached to an aromatic ring is 1. The Morgan fingerprint density at radius 2 is 1.93 bits per heavy atom. The van der Waals surface area contributed by atoms with Gasteiger partial charge >= 0.3 is 6.18 Å². The molecule has 2 aliphatic carbocycles. The SMILES string of the molecule is CC1=C(C/C=C2\CCC=C(C3COC3)CC(C)(C)C2)C=C2C(=CNC(c3cnc(N)cc3C(F)(F)F)N=C2N2CCOCC2)C1. The minimum absolute atomic E-state index is 0.0536. The first kappa shape index (κ1) is 31.6. The third kappa shape index (κ3) is 7.22. The molecule has 1 aromatic heterocycles. The van der Waals surface area contributed by atoms with Crippen LogP contribution in [0.25, 0.3) is 0 Å². The Morgan fingerprint density at radius 1 is 1.16 bits per heavy atom. The van der Waals surface area contributed by atoms with Crippen molar-refractivity contribution >= 4 is 11.7 Å². The predicted molar refractivity (Wildman–Crippen MR) is 170 cm³/mol. The number of aromatic nitrogens is 1. The van der Waals surface area contributed by atoms with Crippen LogP contribution in [0.1, 0.15) is 76.6 Å². The summed E-state index contributed by atoms with van der Waals surface area (Å²) in [7, 11) is 0. The first-order valence-electron chi connectivity index (χ1n) is 16.0. The third-order valence-electron chi connectivity index (χ3n) is 9.48. The van der Waals surface area contributed by atoms with Crippen LogP contribution in [0.4, 0.5) is 19.0 Å². The molecule has 1 aromatic rings. The van der Waals surface area contributed by atoms with Crippen molar-refractivity contribution in [1.82, 2.24) is 15.2 Å². The lowest BCUT2D eigenvalue weighted by atomic mass is 9.74. The van der Waals surface area contributed by atoms with E-state index in [0.29, 0.717) is 44.5 Å². The van der Waals surface area contributed by atoms with Crippen molar-refractivity contribution in [3.8, 4) is 0 Å². The number of amidine groups is 1. The van der Waals surface area contributed by atoms with E-state index >= 15 is 0 Å². The van der Waals surface area contributed by atoms with E-state index in [0.717, 1.165) is 62.5 Å². The fourth-order valence-corrected chi connectivity index (χ4v) is 7.02. The Bertz CT molecular complexity index is 1490. The molecule has 242 valence electrons. The summed E-state index contributed by atoms with van der Waals surface area (Å²) in [5.41, 5.74) is 12.5. The summed E-state index contributed by atoms with van der Waals surface area (Å²) in [6.45, 7) is 10.9. The summed E-state index contributed by atoms with van der Waals surface area (Å²) in [4.78, 5) is 11.1. The molecule has 45 heavy (non-hydrogen) atoms. The lowest BCUT2D eigenvalue weighted by Crippen LogP contribution is -2.42. The smallest absolute Gasteiger partial charge is 0.384 e. The quantitative estimate of drug-likeness (QED) is 0.350. The number of anilines is 1. The van der Waals surface area contributed by atoms with Crippen LogP contribution in [0.15, 0.2) is 75.1 Å². The van der Waals surface area contributed by atoms with Crippen LogP contribution >= 0.6 is 0 Å². The van der Waals surface area contributed by atoms with Crippen molar-refractivity contribution in [2.24, 2.45) is 16.3 Å². The number of nitrogens with zero attached hydrogens (tertiary/aromatic N) is 3. The van der Waals surface area contributed by atoms with Gasteiger partial charge in [0.2, 0.25) is 0 Å². The zero-order valence-electron chi connectivity index (χ0n) is 26.5. The number of pyridine rings is 1. The number of hydrogen-bond donors (Lipinski definition) is 2. The highest BCUT2D eigenvalue weighted by atomic mass is 19.4. The van der Waals surface area contributed by atoms with E-state index in [4.69, 9.17) is 20.2 Å². The van der Waals surface area contributed by atoms with Gasteiger partial charge in [-0.15, -0.1) is 0 Å². The fraction of sp³-hybridized carbons (Fsp3) is 0.543. The standard InChI is InChI=1S/C35H44F3N5O2/c1-22-13-26-18-41-32(29-19-40-31(39)15-30(29)35(36,37)38)42-33(43-9-11-44-12-10-43)28(26)14-24(22)8-7-23-5-4-6-25(27-20-45-21-27)17-34(2,3)16-23/h6-7,14-15,18-19,27,32,41H,4-5,8-13,16-17,20-21H2,1-3H3,(H2,39,40)/b23-7+,25-6?. The van der Waals surface area contributed by atoms with Crippen molar-refractivity contribution < 1.29 is 22.6 Å². The van der Waals surface area contributed by atoms with Gasteiger partial charge in [-0.1, -0.05) is 42.7 Å². The molecule has 0 radical (unpaired) electrons. The number of fused-ring (bicyclic) bond motifs is 1. The Hall–Kier alpha value is -3.37. The summed E-state index contributed by atoms with van der Waals surface area (Å²) < 4.78 is 53.4. The number of morpholine rings is 1. The minimum atomic E-state index is -4.60. The molecule has 1 atom stereocenters. The molecule has 0 saturated carbocycles. The maximum atomic E-state index is 14.1. The molecule has 5 aliphatic rings. The van der Waals surface area contributed by atoms with Crippen LogP contribution in [-0.4, -0.2) is 55.2 Å². The van der Waals surface area contributed by atoms with Gasteiger partial charge in [0.25, 0.3) is 0 Å². The summed E-state index contributed by atoms with van der Waals surface area (Å²) in [5, 5.41) is 3.18. The first-order valence-corrected chi connectivity index (χ1v) is 16.0. The predicted octanol–water partition coefficient (Wildman–Crippen LogP) is 7.04. The number of rotatable bonds is 4. The van der Waals surface area contributed by atoms with Gasteiger partial charge in [0, 0.05) is 42.5 Å². The summed E-state index contributed by atoms with van der Waals surface area (Å²) in [5.74, 6) is 1.10. The molecule has 4 heterocycles. The molecular weight excluding hydrogens is 579 g/mol. The van der Waals surface area contributed by atoms with Crippen LogP contribution in [0.2, 0.25) is 0 Å². The van der Waals surface area contributed by atoms with E-state index in [9.17, 15) is 13.2 Å². The summed E-state index contributed by atoms with van der Waals surface area (Å²) in [6.07, 6.45) is 10.3. The zero-order chi connectivity index (χ0) is 31.8. The van der Waals surface area contributed by atoms with E-state index in [1.807, 2.05) is 6.20 Å². The van der Waals surface area contributed by atoms with Crippen molar-refractivity contribution in [1.29, 1.82) is 0 Å². The van der Waals surface area contributed by atoms with Gasteiger partial charge in [-0.2, -0.15) is 13.2 Å². The number of allylic oxidation sites excluding steroid dienone is 6. The van der Waals surface area contributed by atoms with Gasteiger partial charge in [0.1, 0.15) is 17.8 Å². The number of ether oxygens (including phenoxy) is 2. The number of hydrogen-bond acceptors (Lipinski definition) is 7. The van der Waals surface area contributed by atoms with E-state index in [2.05, 4.69) is 54.2 Å². The molecule has 1 unspecified atom stereocenters. The normalized spacial score (nSPS) is 25.5. The highest BCUT2D eigenvalue weighted by Gasteiger charge is 2.37. The van der Waals surface area contributed by atoms with Crippen molar-refractivity contribution in [3.63, 3.8) is 0 Å². The molecule has 10 heteroatoms. The molecule has 2 saturated heterocycles. The lowest BCUT2D eigenvalue weighted by molar-refractivity contribution is -0.138. The number of aliphatic imine (C=N–C) groups is 1. The molecule has 6 rings (SSSR count). The number of nitrogens with one attached hydrogen (secondary N) is 1. The Balaban J connectivity index is 1.31. The number of nitrogens with two attached hydrogens (primary N) is 1. The molecule has 3 N–H and O–H groups in total. The lowest BCUT2D eigenvalue weighted by Gasteiger charge is -2.36. The van der Waals surface area contributed by atoms with E-state index in [1.54, 1.807) is 5.57 Å². The van der Waals surface area contributed by atoms with Crippen LogP contribution in [0.5, 0.6) is 0 Å². The molecular formula is C35H44F3N5O2. The molecule has 7 nitrogen and oxygen atoms in total. The second-order valence-corrected chi connectivity index (χ2v) is 13.7. The van der Waals surface area contributed by atoms with Crippen LogP contribution in [-0.2, 0) is 15.7 Å². The van der Waals surface area contributed by atoms with Crippen molar-refractivity contribution in [2.75, 3.05) is 45.3 Å². The van der Waals surface area contributed by atoms with Gasteiger partial charge in [-0.05, 0) is 74.2 Å². The van der Waals surface area contributed by atoms with Crippen LogP contribution in [0.3, 0.4) is 0 Å².